The predicted molar refractivity (Wildman–Crippen MR) is 87.7 cm³/mol. The molecule has 0 bridgehead atoms. The standard InChI is InChI=1S/C17H36N2O/c1-3-4-5-6-7-8-9-10-11-12-17(20)19-15-16(2)13-14-18/h16H,3-15,18H2,1-2H3,(H,19,20). The number of rotatable bonds is 14. The number of hydrogen-bond donors (Lipinski definition) is 2. The molecule has 0 aliphatic heterocycles. The molecule has 120 valence electrons. The van der Waals surface area contributed by atoms with Crippen molar-refractivity contribution in [2.45, 2.75) is 84.5 Å². The molecule has 0 aliphatic carbocycles. The Labute approximate surface area is 126 Å². The fraction of sp³-hybridized carbons (Fsp3) is 0.941. The van der Waals surface area contributed by atoms with Gasteiger partial charge in [-0.1, -0.05) is 65.2 Å². The molecule has 0 fully saturated rings. The van der Waals surface area contributed by atoms with Crippen LogP contribution in [-0.4, -0.2) is 19.0 Å². The minimum Gasteiger partial charge on any atom is -0.356 e. The maximum Gasteiger partial charge on any atom is 0.220 e. The van der Waals surface area contributed by atoms with Gasteiger partial charge in [0.15, 0.2) is 0 Å². The summed E-state index contributed by atoms with van der Waals surface area (Å²) < 4.78 is 0. The molecule has 0 saturated heterocycles. The highest BCUT2D eigenvalue weighted by molar-refractivity contribution is 5.75. The maximum atomic E-state index is 11.6. The minimum atomic E-state index is 0.205. The van der Waals surface area contributed by atoms with E-state index in [9.17, 15) is 4.79 Å². The van der Waals surface area contributed by atoms with Gasteiger partial charge in [-0.2, -0.15) is 0 Å². The Balaban J connectivity index is 3.23. The summed E-state index contributed by atoms with van der Waals surface area (Å²) in [6, 6.07) is 0. The van der Waals surface area contributed by atoms with Gasteiger partial charge < -0.3 is 11.1 Å². The van der Waals surface area contributed by atoms with Crippen LogP contribution in [0.25, 0.3) is 0 Å². The Morgan fingerprint density at radius 2 is 1.55 bits per heavy atom. The van der Waals surface area contributed by atoms with Gasteiger partial charge in [0.25, 0.3) is 0 Å². The highest BCUT2D eigenvalue weighted by Crippen LogP contribution is 2.10. The maximum absolute atomic E-state index is 11.6. The fourth-order valence-electron chi connectivity index (χ4n) is 2.36. The highest BCUT2D eigenvalue weighted by Gasteiger charge is 2.04. The molecule has 1 atom stereocenters. The van der Waals surface area contributed by atoms with Crippen molar-refractivity contribution in [2.24, 2.45) is 11.7 Å². The van der Waals surface area contributed by atoms with Gasteiger partial charge in [-0.3, -0.25) is 4.79 Å². The van der Waals surface area contributed by atoms with Gasteiger partial charge in [0, 0.05) is 13.0 Å². The van der Waals surface area contributed by atoms with E-state index in [0.717, 1.165) is 19.4 Å². The van der Waals surface area contributed by atoms with E-state index in [2.05, 4.69) is 19.2 Å². The van der Waals surface area contributed by atoms with Crippen LogP contribution in [0.15, 0.2) is 0 Å². The number of hydrogen-bond acceptors (Lipinski definition) is 2. The summed E-state index contributed by atoms with van der Waals surface area (Å²) >= 11 is 0. The molecule has 3 nitrogen and oxygen atoms in total. The van der Waals surface area contributed by atoms with Gasteiger partial charge in [-0.15, -0.1) is 0 Å². The molecule has 0 aromatic carbocycles. The van der Waals surface area contributed by atoms with E-state index in [4.69, 9.17) is 5.73 Å². The Morgan fingerprint density at radius 3 is 2.10 bits per heavy atom. The third-order valence-corrected chi connectivity index (χ3v) is 3.81. The van der Waals surface area contributed by atoms with Gasteiger partial charge >= 0.3 is 0 Å². The Hall–Kier alpha value is -0.570. The molecule has 3 N–H and O–H groups in total. The van der Waals surface area contributed by atoms with Crippen molar-refractivity contribution in [3.05, 3.63) is 0 Å². The first kappa shape index (κ1) is 19.4. The molecule has 0 aromatic heterocycles. The third-order valence-electron chi connectivity index (χ3n) is 3.81. The molecule has 0 heterocycles. The van der Waals surface area contributed by atoms with Crippen LogP contribution in [-0.2, 0) is 4.79 Å². The second-order valence-corrected chi connectivity index (χ2v) is 6.07. The fourth-order valence-corrected chi connectivity index (χ4v) is 2.36. The average Bonchev–Trinajstić information content (AvgIpc) is 2.43. The zero-order valence-corrected chi connectivity index (χ0v) is 13.8. The van der Waals surface area contributed by atoms with Crippen LogP contribution in [0.3, 0.4) is 0 Å². The van der Waals surface area contributed by atoms with Crippen LogP contribution < -0.4 is 11.1 Å². The lowest BCUT2D eigenvalue weighted by Crippen LogP contribution is -2.28. The zero-order chi connectivity index (χ0) is 15.1. The van der Waals surface area contributed by atoms with Gasteiger partial charge in [0.05, 0.1) is 0 Å². The molecular weight excluding hydrogens is 248 g/mol. The van der Waals surface area contributed by atoms with Gasteiger partial charge in [-0.05, 0) is 25.3 Å². The second-order valence-electron chi connectivity index (χ2n) is 6.07. The van der Waals surface area contributed by atoms with Crippen molar-refractivity contribution in [1.29, 1.82) is 0 Å². The van der Waals surface area contributed by atoms with Crippen molar-refractivity contribution in [1.82, 2.24) is 5.32 Å². The average molecular weight is 284 g/mol. The number of unbranched alkanes of at least 4 members (excludes halogenated alkanes) is 8. The molecule has 3 heteroatoms. The number of nitrogens with one attached hydrogen (secondary N) is 1. The van der Waals surface area contributed by atoms with E-state index < -0.39 is 0 Å². The van der Waals surface area contributed by atoms with E-state index in [-0.39, 0.29) is 5.91 Å². The van der Waals surface area contributed by atoms with E-state index in [0.29, 0.717) is 18.9 Å². The molecule has 20 heavy (non-hydrogen) atoms. The molecule has 0 aromatic rings. The van der Waals surface area contributed by atoms with Crippen molar-refractivity contribution in [2.75, 3.05) is 13.1 Å². The second kappa shape index (κ2) is 14.8. The van der Waals surface area contributed by atoms with E-state index in [1.54, 1.807) is 0 Å². The predicted octanol–water partition coefficient (Wildman–Crippen LogP) is 4.01. The minimum absolute atomic E-state index is 0.205. The van der Waals surface area contributed by atoms with Crippen LogP contribution in [0.4, 0.5) is 0 Å². The van der Waals surface area contributed by atoms with Crippen molar-refractivity contribution < 1.29 is 4.79 Å². The Bertz CT molecular complexity index is 219. The smallest absolute Gasteiger partial charge is 0.220 e. The monoisotopic (exact) mass is 284 g/mol. The van der Waals surface area contributed by atoms with Crippen LogP contribution >= 0.6 is 0 Å². The van der Waals surface area contributed by atoms with Gasteiger partial charge in [0.1, 0.15) is 0 Å². The molecule has 1 amide bonds. The number of amides is 1. The van der Waals surface area contributed by atoms with Crippen molar-refractivity contribution in [3.8, 4) is 0 Å². The molecular formula is C17H36N2O. The van der Waals surface area contributed by atoms with Crippen molar-refractivity contribution >= 4 is 5.91 Å². The molecule has 1 unspecified atom stereocenters. The zero-order valence-electron chi connectivity index (χ0n) is 13.8. The first-order valence-electron chi connectivity index (χ1n) is 8.67. The molecule has 0 spiro atoms. The highest BCUT2D eigenvalue weighted by atomic mass is 16.1. The van der Waals surface area contributed by atoms with E-state index in [1.165, 1.54) is 51.4 Å². The topological polar surface area (TPSA) is 55.1 Å². The van der Waals surface area contributed by atoms with Gasteiger partial charge in [-0.25, -0.2) is 0 Å². The summed E-state index contributed by atoms with van der Waals surface area (Å²) in [5.74, 6) is 0.698. The van der Waals surface area contributed by atoms with Crippen molar-refractivity contribution in [3.63, 3.8) is 0 Å². The molecule has 0 rings (SSSR count). The Morgan fingerprint density at radius 1 is 1.00 bits per heavy atom. The number of nitrogens with two attached hydrogens (primary N) is 1. The first-order chi connectivity index (χ1) is 9.70. The van der Waals surface area contributed by atoms with Crippen LogP contribution in [0.5, 0.6) is 0 Å². The number of carbonyl (C=O) groups excluding carboxylic acids is 1. The number of carbonyl (C=O) groups is 1. The van der Waals surface area contributed by atoms with Crippen LogP contribution in [0, 0.1) is 5.92 Å². The largest absolute Gasteiger partial charge is 0.356 e. The van der Waals surface area contributed by atoms with Gasteiger partial charge in [0.2, 0.25) is 5.91 Å². The Kier molecular flexibility index (Phi) is 14.4. The normalized spacial score (nSPS) is 12.3. The molecule has 0 saturated carbocycles. The first-order valence-corrected chi connectivity index (χ1v) is 8.67. The summed E-state index contributed by atoms with van der Waals surface area (Å²) in [5.41, 5.74) is 5.49. The summed E-state index contributed by atoms with van der Waals surface area (Å²) in [7, 11) is 0. The lowest BCUT2D eigenvalue weighted by Gasteiger charge is -2.11. The van der Waals surface area contributed by atoms with Crippen LogP contribution in [0.1, 0.15) is 84.5 Å². The summed E-state index contributed by atoms with van der Waals surface area (Å²) in [6.45, 7) is 5.86. The lowest BCUT2D eigenvalue weighted by atomic mass is 10.1. The van der Waals surface area contributed by atoms with E-state index in [1.807, 2.05) is 0 Å². The SMILES string of the molecule is CCCCCCCCCCCC(=O)NCC(C)CCN. The molecule has 0 radical (unpaired) electrons. The summed E-state index contributed by atoms with van der Waals surface area (Å²) in [5, 5.41) is 3.00. The van der Waals surface area contributed by atoms with Crippen LogP contribution in [0.2, 0.25) is 0 Å². The summed E-state index contributed by atoms with van der Waals surface area (Å²) in [6.07, 6.45) is 13.3. The van der Waals surface area contributed by atoms with E-state index >= 15 is 0 Å². The lowest BCUT2D eigenvalue weighted by molar-refractivity contribution is -0.121. The quantitative estimate of drug-likeness (QED) is 0.474. The molecule has 0 aliphatic rings. The summed E-state index contributed by atoms with van der Waals surface area (Å²) in [4.78, 5) is 11.6. The third kappa shape index (κ3) is 13.9.